The number of ether oxygens (including phenoxy) is 2. The molecule has 1 aromatic rings. The first kappa shape index (κ1) is 20.7. The average molecular weight is 456 g/mol. The van der Waals surface area contributed by atoms with E-state index in [1.54, 1.807) is 30.6 Å². The quantitative estimate of drug-likeness (QED) is 0.435. The zero-order chi connectivity index (χ0) is 20.5. The number of rotatable bonds is 6. The smallest absolute Gasteiger partial charge is 0.293 e. The Morgan fingerprint density at radius 1 is 1.36 bits per heavy atom. The van der Waals surface area contributed by atoms with Gasteiger partial charge in [0.05, 0.1) is 18.9 Å². The summed E-state index contributed by atoms with van der Waals surface area (Å²) in [7, 11) is 0. The topological polar surface area (TPSA) is 117 Å². The number of hydrogen-bond acceptors (Lipinski definition) is 6. The van der Waals surface area contributed by atoms with Gasteiger partial charge in [0.25, 0.3) is 17.6 Å². The van der Waals surface area contributed by atoms with Gasteiger partial charge in [-0.25, -0.2) is 5.48 Å². The molecule has 2 heterocycles. The van der Waals surface area contributed by atoms with Crippen LogP contribution in [-0.4, -0.2) is 48.7 Å². The van der Waals surface area contributed by atoms with E-state index in [9.17, 15) is 14.4 Å². The lowest BCUT2D eigenvalue weighted by Crippen LogP contribution is -2.53. The Labute approximate surface area is 170 Å². The summed E-state index contributed by atoms with van der Waals surface area (Å²) < 4.78 is 12.0. The van der Waals surface area contributed by atoms with E-state index in [4.69, 9.17) is 14.7 Å². The predicted molar refractivity (Wildman–Crippen MR) is 101 cm³/mol. The molecule has 1 aromatic carbocycles. The molecule has 0 saturated carbocycles. The minimum atomic E-state index is -1.54. The Hall–Kier alpha value is -2.01. The van der Waals surface area contributed by atoms with Gasteiger partial charge in [0.2, 0.25) is 5.91 Å². The summed E-state index contributed by atoms with van der Waals surface area (Å²) in [5.41, 5.74) is 2.61. The van der Waals surface area contributed by atoms with E-state index >= 15 is 0 Å². The molecule has 1 saturated heterocycles. The van der Waals surface area contributed by atoms with Crippen LogP contribution in [0.15, 0.2) is 22.7 Å². The molecule has 2 atom stereocenters. The molecular weight excluding hydrogens is 434 g/mol. The molecule has 28 heavy (non-hydrogen) atoms. The van der Waals surface area contributed by atoms with E-state index in [-0.39, 0.29) is 25.7 Å². The van der Waals surface area contributed by atoms with Gasteiger partial charge in [-0.1, -0.05) is 36.2 Å². The van der Waals surface area contributed by atoms with E-state index in [0.29, 0.717) is 17.7 Å². The first-order chi connectivity index (χ1) is 13.3. The Morgan fingerprint density at radius 3 is 2.64 bits per heavy atom. The maximum Gasteiger partial charge on any atom is 0.293 e. The second-order valence-electron chi connectivity index (χ2n) is 6.77. The first-order valence-electron chi connectivity index (χ1n) is 8.97. The van der Waals surface area contributed by atoms with E-state index in [0.717, 1.165) is 4.47 Å². The zero-order valence-electron chi connectivity index (χ0n) is 15.5. The van der Waals surface area contributed by atoms with Crippen LogP contribution in [-0.2, 0) is 29.6 Å². The van der Waals surface area contributed by atoms with Crippen LogP contribution in [0.2, 0.25) is 0 Å². The molecule has 0 radical (unpaired) electrons. The molecule has 0 bridgehead atoms. The van der Waals surface area contributed by atoms with E-state index in [2.05, 4.69) is 21.2 Å². The Balaban J connectivity index is 1.83. The number of amides is 3. The maximum absolute atomic E-state index is 13.1. The van der Waals surface area contributed by atoms with Gasteiger partial charge in [-0.2, -0.15) is 0 Å². The fraction of sp³-hybridized carbons (Fsp3) is 0.500. The second-order valence-corrected chi connectivity index (χ2v) is 7.69. The van der Waals surface area contributed by atoms with Crippen molar-refractivity contribution in [2.75, 3.05) is 24.7 Å². The maximum atomic E-state index is 13.1. The second kappa shape index (κ2) is 8.16. The first-order valence-corrected chi connectivity index (χ1v) is 9.76. The van der Waals surface area contributed by atoms with Gasteiger partial charge in [-0.15, -0.1) is 0 Å². The van der Waals surface area contributed by atoms with Crippen molar-refractivity contribution in [2.24, 2.45) is 5.92 Å². The van der Waals surface area contributed by atoms with Gasteiger partial charge in [-0.05, 0) is 24.1 Å². The van der Waals surface area contributed by atoms with Gasteiger partial charge < -0.3 is 14.8 Å². The van der Waals surface area contributed by atoms with Crippen molar-refractivity contribution >= 4 is 39.3 Å². The molecule has 2 aliphatic rings. The minimum absolute atomic E-state index is 0.207. The van der Waals surface area contributed by atoms with Crippen molar-refractivity contribution in [1.29, 1.82) is 0 Å². The monoisotopic (exact) mass is 455 g/mol. The highest BCUT2D eigenvalue weighted by Gasteiger charge is 2.56. The molecule has 1 spiro atoms. The predicted octanol–water partition coefficient (Wildman–Crippen LogP) is 1.03. The summed E-state index contributed by atoms with van der Waals surface area (Å²) in [6.45, 7) is 3.87. The van der Waals surface area contributed by atoms with Crippen LogP contribution in [0, 0.1) is 5.92 Å². The van der Waals surface area contributed by atoms with Gasteiger partial charge in [0.15, 0.2) is 0 Å². The fourth-order valence-electron chi connectivity index (χ4n) is 3.39. The Kier molecular flexibility index (Phi) is 6.04. The molecule has 0 unspecified atom stereocenters. The molecule has 3 rings (SSSR count). The molecule has 152 valence electrons. The number of halogens is 1. The summed E-state index contributed by atoms with van der Waals surface area (Å²) in [4.78, 5) is 38.9. The van der Waals surface area contributed by atoms with Crippen LogP contribution in [0.3, 0.4) is 0 Å². The van der Waals surface area contributed by atoms with Gasteiger partial charge in [0, 0.05) is 10.0 Å². The number of nitrogens with one attached hydrogen (secondary N) is 2. The number of hydrogen-bond donors (Lipinski definition) is 3. The highest BCUT2D eigenvalue weighted by atomic mass is 79.9. The number of anilines is 1. The third kappa shape index (κ3) is 3.52. The number of hydroxylamine groups is 1. The normalized spacial score (nSPS) is 19.4. The van der Waals surface area contributed by atoms with E-state index in [1.165, 1.54) is 4.90 Å². The van der Waals surface area contributed by atoms with Crippen molar-refractivity contribution < 1.29 is 29.1 Å². The van der Waals surface area contributed by atoms with Crippen molar-refractivity contribution in [1.82, 2.24) is 10.8 Å². The summed E-state index contributed by atoms with van der Waals surface area (Å²) in [5.74, 6) is -3.48. The van der Waals surface area contributed by atoms with Crippen LogP contribution in [0.1, 0.15) is 25.8 Å². The third-order valence-electron chi connectivity index (χ3n) is 5.05. The lowest BCUT2D eigenvalue weighted by Gasteiger charge is -2.25. The lowest BCUT2D eigenvalue weighted by molar-refractivity contribution is -0.180. The molecule has 1 fully saturated rings. The van der Waals surface area contributed by atoms with Crippen LogP contribution in [0.5, 0.6) is 0 Å². The summed E-state index contributed by atoms with van der Waals surface area (Å²) in [6.07, 6.45) is 0.614. The third-order valence-corrected chi connectivity index (χ3v) is 5.54. The number of nitrogens with zero attached hydrogens (tertiary/aromatic N) is 1. The molecule has 9 nitrogen and oxygen atoms in total. The highest BCUT2D eigenvalue weighted by Crippen LogP contribution is 2.46. The fourth-order valence-corrected chi connectivity index (χ4v) is 3.75. The van der Waals surface area contributed by atoms with Crippen LogP contribution in [0.4, 0.5) is 5.69 Å². The summed E-state index contributed by atoms with van der Waals surface area (Å²) in [6, 6.07) is 4.28. The minimum Gasteiger partial charge on any atom is -0.342 e. The van der Waals surface area contributed by atoms with Crippen LogP contribution >= 0.6 is 15.9 Å². The molecule has 0 aliphatic carbocycles. The lowest BCUT2D eigenvalue weighted by atomic mass is 9.98. The summed E-state index contributed by atoms with van der Waals surface area (Å²) in [5, 5.41) is 11.5. The molecular formula is C18H22BrN3O6. The number of fused-ring (bicyclic) bond motifs is 2. The van der Waals surface area contributed by atoms with Gasteiger partial charge in [-0.3, -0.25) is 24.5 Å². The number of carbonyl (C=O) groups excluding carboxylic acids is 3. The van der Waals surface area contributed by atoms with E-state index in [1.807, 2.05) is 6.92 Å². The number of carbonyl (C=O) groups is 3. The highest BCUT2D eigenvalue weighted by molar-refractivity contribution is 9.10. The zero-order valence-corrected chi connectivity index (χ0v) is 17.1. The Morgan fingerprint density at radius 2 is 2.04 bits per heavy atom. The van der Waals surface area contributed by atoms with Crippen molar-refractivity contribution in [2.45, 2.75) is 32.1 Å². The molecule has 3 amide bonds. The van der Waals surface area contributed by atoms with Crippen molar-refractivity contribution in [3.05, 3.63) is 28.2 Å². The van der Waals surface area contributed by atoms with Gasteiger partial charge in [0.1, 0.15) is 12.6 Å². The average Bonchev–Trinajstić information content (AvgIpc) is 3.26. The SMILES string of the molecule is CC[C@H](C)[C@H](NC(=O)CN1C(=O)C2(OCCO2)c2cc(Br)ccc21)C(=O)NO. The largest absolute Gasteiger partial charge is 0.342 e. The van der Waals surface area contributed by atoms with Crippen LogP contribution < -0.4 is 15.7 Å². The summed E-state index contributed by atoms with van der Waals surface area (Å²) >= 11 is 3.38. The molecule has 0 aromatic heterocycles. The van der Waals surface area contributed by atoms with Crippen LogP contribution in [0.25, 0.3) is 0 Å². The molecule has 3 N–H and O–H groups in total. The van der Waals surface area contributed by atoms with Crippen molar-refractivity contribution in [3.63, 3.8) is 0 Å². The standard InChI is InChI=1S/C18H22BrN3O6/c1-3-10(2)15(16(24)21-26)20-14(23)9-22-13-5-4-11(19)8-12(13)18(17(22)25)27-6-7-28-18/h4-5,8,10,15,26H,3,6-7,9H2,1-2H3,(H,20,23)(H,21,24)/t10-,15-/m0/s1. The van der Waals surface area contributed by atoms with Crippen molar-refractivity contribution in [3.8, 4) is 0 Å². The number of benzene rings is 1. The molecule has 2 aliphatic heterocycles. The van der Waals surface area contributed by atoms with E-state index < -0.39 is 29.6 Å². The Bertz CT molecular complexity index is 796. The van der Waals surface area contributed by atoms with Gasteiger partial charge >= 0.3 is 0 Å². The molecule has 10 heteroatoms.